The van der Waals surface area contributed by atoms with Crippen molar-refractivity contribution in [1.82, 2.24) is 9.55 Å². The topological polar surface area (TPSA) is 42.2 Å². The minimum absolute atomic E-state index is 0.669. The highest BCUT2D eigenvalue weighted by Crippen LogP contribution is 2.30. The molecule has 0 radical (unpaired) electrons. The molecule has 0 spiro atoms. The van der Waals surface area contributed by atoms with Crippen LogP contribution in [0.15, 0.2) is 138 Å². The molecule has 0 aliphatic rings. The third-order valence-corrected chi connectivity index (χ3v) is 6.32. The Morgan fingerprint density at radius 1 is 0.735 bits per heavy atom. The van der Waals surface area contributed by atoms with E-state index in [-0.39, 0.29) is 0 Å². The zero-order chi connectivity index (χ0) is 23.0. The van der Waals surface area contributed by atoms with Gasteiger partial charge in [-0.1, -0.05) is 109 Å². The Kier molecular flexibility index (Phi) is 6.83. The maximum absolute atomic E-state index is 4.80. The van der Waals surface area contributed by atoms with Gasteiger partial charge in [-0.3, -0.25) is 9.99 Å². The normalized spacial score (nSPS) is 11.4. The summed E-state index contributed by atoms with van der Waals surface area (Å²) < 4.78 is 2.22. The first-order chi connectivity index (χ1) is 16.9. The van der Waals surface area contributed by atoms with Crippen molar-refractivity contribution in [3.05, 3.63) is 133 Å². The Morgan fingerprint density at radius 3 is 2.00 bits per heavy atom. The van der Waals surface area contributed by atoms with Gasteiger partial charge in [0.15, 0.2) is 5.16 Å². The first-order valence-electron chi connectivity index (χ1n) is 11.1. The Labute approximate surface area is 204 Å². The van der Waals surface area contributed by atoms with Crippen molar-refractivity contribution in [3.8, 4) is 16.9 Å². The molecule has 0 amide bonds. The van der Waals surface area contributed by atoms with Crippen molar-refractivity contribution in [1.29, 1.82) is 0 Å². The highest BCUT2D eigenvalue weighted by molar-refractivity contribution is 7.99. The van der Waals surface area contributed by atoms with E-state index in [9.17, 15) is 0 Å². The van der Waals surface area contributed by atoms with Gasteiger partial charge < -0.3 is 0 Å². The molecule has 1 N–H and O–H groups in total. The minimum atomic E-state index is 0.669. The zero-order valence-electron chi connectivity index (χ0n) is 18.6. The second-order valence-electron chi connectivity index (χ2n) is 7.65. The molecular weight excluding hydrogens is 436 g/mol. The van der Waals surface area contributed by atoms with E-state index in [0.717, 1.165) is 39.1 Å². The molecule has 4 aromatic carbocycles. The molecule has 0 bridgehead atoms. The molecule has 5 heteroatoms. The summed E-state index contributed by atoms with van der Waals surface area (Å²) in [6, 6.07) is 41.0. The highest BCUT2D eigenvalue weighted by Gasteiger charge is 2.15. The first kappa shape index (κ1) is 21.7. The average molecular weight is 461 g/mol. The second-order valence-corrected chi connectivity index (χ2v) is 8.60. The van der Waals surface area contributed by atoms with Crippen LogP contribution in [-0.2, 0) is 0 Å². The van der Waals surface area contributed by atoms with Crippen LogP contribution >= 0.6 is 11.8 Å². The van der Waals surface area contributed by atoms with E-state index in [4.69, 9.17) is 10.1 Å². The van der Waals surface area contributed by atoms with E-state index in [1.165, 1.54) is 0 Å². The maximum Gasteiger partial charge on any atom is 0.173 e. The molecule has 0 aliphatic carbocycles. The van der Waals surface area contributed by atoms with E-state index >= 15 is 0 Å². The van der Waals surface area contributed by atoms with Crippen LogP contribution in [0.3, 0.4) is 0 Å². The van der Waals surface area contributed by atoms with Crippen molar-refractivity contribution < 1.29 is 0 Å². The number of hydrogen-bond acceptors (Lipinski definition) is 4. The predicted octanol–water partition coefficient (Wildman–Crippen LogP) is 7.15. The third-order valence-electron chi connectivity index (χ3n) is 5.35. The van der Waals surface area contributed by atoms with Crippen molar-refractivity contribution in [3.63, 3.8) is 0 Å². The summed E-state index contributed by atoms with van der Waals surface area (Å²) in [4.78, 5) is 4.80. The number of imidazole rings is 1. The van der Waals surface area contributed by atoms with Gasteiger partial charge in [0.1, 0.15) is 0 Å². The molecule has 0 saturated heterocycles. The van der Waals surface area contributed by atoms with Crippen molar-refractivity contribution in [2.75, 3.05) is 11.2 Å². The average Bonchev–Trinajstić information content (AvgIpc) is 3.35. The van der Waals surface area contributed by atoms with Gasteiger partial charge in [-0.25, -0.2) is 4.98 Å². The molecule has 0 fully saturated rings. The summed E-state index contributed by atoms with van der Waals surface area (Å²) in [5.41, 5.74) is 9.48. The molecule has 0 atom stereocenters. The van der Waals surface area contributed by atoms with E-state index in [2.05, 4.69) is 70.7 Å². The summed E-state index contributed by atoms with van der Waals surface area (Å²) in [6.07, 6.45) is 1.95. The second kappa shape index (κ2) is 10.7. The van der Waals surface area contributed by atoms with Crippen LogP contribution in [-0.4, -0.2) is 21.0 Å². The van der Waals surface area contributed by atoms with E-state index in [1.807, 2.05) is 66.9 Å². The minimum Gasteiger partial charge on any atom is -0.287 e. The molecular formula is C29H24N4S. The Bertz CT molecular complexity index is 1350. The standard InChI is InChI=1S/C29H24N4S/c1-5-13-23(14-6-1)27(32-31-25-17-9-3-10-18-25)22-34-29-30-21-28(24-15-7-2-8-16-24)33(29)26-19-11-4-12-20-26/h1-21,31H,22H2. The van der Waals surface area contributed by atoms with Crippen molar-refractivity contribution in [2.24, 2.45) is 5.10 Å². The fraction of sp³-hybridized carbons (Fsp3) is 0.0345. The number of nitrogens with one attached hydrogen (secondary N) is 1. The van der Waals surface area contributed by atoms with Crippen molar-refractivity contribution >= 4 is 23.2 Å². The largest absolute Gasteiger partial charge is 0.287 e. The number of hydrogen-bond donors (Lipinski definition) is 1. The summed E-state index contributed by atoms with van der Waals surface area (Å²) >= 11 is 1.68. The van der Waals surface area contributed by atoms with Gasteiger partial charge >= 0.3 is 0 Å². The van der Waals surface area contributed by atoms with Crippen LogP contribution in [0.2, 0.25) is 0 Å². The van der Waals surface area contributed by atoms with Gasteiger partial charge in [0.05, 0.1) is 23.3 Å². The van der Waals surface area contributed by atoms with Gasteiger partial charge in [-0.2, -0.15) is 5.10 Å². The molecule has 0 aliphatic heterocycles. The SMILES string of the molecule is c1ccc(NN=C(CSc2ncc(-c3ccccc3)n2-c2ccccc2)c2ccccc2)cc1. The summed E-state index contributed by atoms with van der Waals surface area (Å²) in [6.45, 7) is 0. The predicted molar refractivity (Wildman–Crippen MR) is 143 cm³/mol. The third kappa shape index (κ3) is 5.11. The smallest absolute Gasteiger partial charge is 0.173 e. The lowest BCUT2D eigenvalue weighted by atomic mass is 10.1. The molecule has 166 valence electrons. The molecule has 0 saturated carbocycles. The number of nitrogens with zero attached hydrogens (tertiary/aromatic N) is 3. The Balaban J connectivity index is 1.47. The summed E-state index contributed by atoms with van der Waals surface area (Å²) in [7, 11) is 0. The monoisotopic (exact) mass is 460 g/mol. The van der Waals surface area contributed by atoms with Crippen LogP contribution in [0, 0.1) is 0 Å². The fourth-order valence-corrected chi connectivity index (χ4v) is 4.62. The number of rotatable bonds is 8. The molecule has 34 heavy (non-hydrogen) atoms. The van der Waals surface area contributed by atoms with E-state index in [1.54, 1.807) is 11.8 Å². The number of thioether (sulfide) groups is 1. The highest BCUT2D eigenvalue weighted by atomic mass is 32.2. The zero-order valence-corrected chi connectivity index (χ0v) is 19.4. The van der Waals surface area contributed by atoms with Crippen LogP contribution in [0.1, 0.15) is 5.56 Å². The van der Waals surface area contributed by atoms with Crippen LogP contribution in [0.5, 0.6) is 0 Å². The number of aromatic nitrogens is 2. The van der Waals surface area contributed by atoms with Gasteiger partial charge in [0.25, 0.3) is 0 Å². The lowest BCUT2D eigenvalue weighted by Gasteiger charge is -2.13. The lowest BCUT2D eigenvalue weighted by molar-refractivity contribution is 0.902. The lowest BCUT2D eigenvalue weighted by Crippen LogP contribution is -2.09. The number of para-hydroxylation sites is 2. The van der Waals surface area contributed by atoms with Gasteiger partial charge in [-0.05, 0) is 29.8 Å². The maximum atomic E-state index is 4.80. The number of hydrazone groups is 1. The van der Waals surface area contributed by atoms with E-state index < -0.39 is 0 Å². The molecule has 5 aromatic rings. The van der Waals surface area contributed by atoms with E-state index in [0.29, 0.717) is 5.75 Å². The molecule has 1 aromatic heterocycles. The van der Waals surface area contributed by atoms with Gasteiger partial charge in [0, 0.05) is 17.0 Å². The summed E-state index contributed by atoms with van der Waals surface area (Å²) in [5.74, 6) is 0.669. The fourth-order valence-electron chi connectivity index (χ4n) is 3.66. The van der Waals surface area contributed by atoms with Crippen LogP contribution in [0.4, 0.5) is 5.69 Å². The van der Waals surface area contributed by atoms with Gasteiger partial charge in [-0.15, -0.1) is 0 Å². The summed E-state index contributed by atoms with van der Waals surface area (Å²) in [5, 5.41) is 5.68. The van der Waals surface area contributed by atoms with Crippen LogP contribution in [0.25, 0.3) is 16.9 Å². The molecule has 1 heterocycles. The van der Waals surface area contributed by atoms with Crippen molar-refractivity contribution in [2.45, 2.75) is 5.16 Å². The first-order valence-corrected chi connectivity index (χ1v) is 12.1. The Hall–Kier alpha value is -4.09. The van der Waals surface area contributed by atoms with Gasteiger partial charge in [0.2, 0.25) is 0 Å². The number of benzene rings is 4. The quantitative estimate of drug-likeness (QED) is 0.152. The molecule has 5 rings (SSSR count). The molecule has 0 unspecified atom stereocenters. The van der Waals surface area contributed by atoms with Crippen LogP contribution < -0.4 is 5.43 Å². The molecule has 4 nitrogen and oxygen atoms in total. The number of anilines is 1. The Morgan fingerprint density at radius 2 is 1.32 bits per heavy atom.